The Kier molecular flexibility index (Phi) is 5.45. The quantitative estimate of drug-likeness (QED) is 0.730. The molecule has 0 amide bonds. The van der Waals surface area contributed by atoms with E-state index in [0.29, 0.717) is 0 Å². The van der Waals surface area contributed by atoms with E-state index in [1.807, 2.05) is 0 Å². The van der Waals surface area contributed by atoms with Crippen LogP contribution in [0.2, 0.25) is 0 Å². The van der Waals surface area contributed by atoms with Crippen molar-refractivity contribution >= 4 is 10.0 Å². The highest BCUT2D eigenvalue weighted by atomic mass is 32.2. The fraction of sp³-hybridized carbons (Fsp3) is 0.0588. The Morgan fingerprint density at radius 2 is 1.83 bits per heavy atom. The zero-order valence-corrected chi connectivity index (χ0v) is 13.6. The number of pyridine rings is 1. The lowest BCUT2D eigenvalue weighted by Gasteiger charge is -2.10. The van der Waals surface area contributed by atoms with Gasteiger partial charge in [0.05, 0.1) is 11.8 Å². The number of nitriles is 1. The number of halogens is 1. The van der Waals surface area contributed by atoms with Crippen LogP contribution in [0.4, 0.5) is 4.39 Å². The van der Waals surface area contributed by atoms with Crippen LogP contribution in [-0.2, 0) is 10.0 Å². The molecule has 0 saturated heterocycles. The fourth-order valence-corrected chi connectivity index (χ4v) is 3.39. The number of aromatic nitrogens is 2. The molecule has 0 saturated carbocycles. The summed E-state index contributed by atoms with van der Waals surface area (Å²) in [6, 6.07) is 13.9. The van der Waals surface area contributed by atoms with Gasteiger partial charge >= 0.3 is 0 Å². The molecule has 122 valence electrons. The van der Waals surface area contributed by atoms with Gasteiger partial charge in [0, 0.05) is 31.1 Å². The van der Waals surface area contributed by atoms with E-state index < -0.39 is 15.8 Å². The maximum absolute atomic E-state index is 13.9. The lowest BCUT2D eigenvalue weighted by molar-refractivity contribution is 0.587. The van der Waals surface area contributed by atoms with E-state index >= 15 is 0 Å². The van der Waals surface area contributed by atoms with Gasteiger partial charge in [-0.3, -0.25) is 4.98 Å². The van der Waals surface area contributed by atoms with Gasteiger partial charge in [-0.05, 0) is 36.4 Å². The normalized spacial score (nSPS) is 10.4. The number of rotatable bonds is 3. The number of benzene rings is 1. The van der Waals surface area contributed by atoms with Crippen LogP contribution in [0.5, 0.6) is 0 Å². The van der Waals surface area contributed by atoms with Gasteiger partial charge in [0.25, 0.3) is 10.0 Å². The van der Waals surface area contributed by atoms with E-state index in [-0.39, 0.29) is 16.2 Å². The third kappa shape index (κ3) is 3.50. The second-order valence-corrected chi connectivity index (χ2v) is 6.40. The summed E-state index contributed by atoms with van der Waals surface area (Å²) < 4.78 is 40.2. The third-order valence-corrected chi connectivity index (χ3v) is 4.73. The Labute approximate surface area is 139 Å². The minimum absolute atomic E-state index is 0.0544. The molecular formula is C17H14FN3O2S. The van der Waals surface area contributed by atoms with E-state index in [4.69, 9.17) is 5.26 Å². The van der Waals surface area contributed by atoms with Crippen molar-refractivity contribution in [2.24, 2.45) is 0 Å². The highest BCUT2D eigenvalue weighted by Gasteiger charge is 2.21. The van der Waals surface area contributed by atoms with Gasteiger partial charge in [-0.2, -0.15) is 5.26 Å². The first-order chi connectivity index (χ1) is 11.5. The Bertz CT molecular complexity index is 961. The molecule has 2 heterocycles. The average Bonchev–Trinajstić information content (AvgIpc) is 3.07. The minimum atomic E-state index is -3.80. The molecule has 0 bridgehead atoms. The summed E-state index contributed by atoms with van der Waals surface area (Å²) in [5.74, 6) is -0.473. The van der Waals surface area contributed by atoms with Gasteiger partial charge < -0.3 is 0 Å². The van der Waals surface area contributed by atoms with Gasteiger partial charge in [-0.1, -0.05) is 12.1 Å². The van der Waals surface area contributed by atoms with E-state index in [0.717, 1.165) is 3.97 Å². The van der Waals surface area contributed by atoms with Gasteiger partial charge in [0.2, 0.25) is 0 Å². The van der Waals surface area contributed by atoms with Crippen LogP contribution >= 0.6 is 0 Å². The molecule has 0 aliphatic carbocycles. The molecule has 0 N–H and O–H groups in total. The number of nitrogens with zero attached hydrogens (tertiary/aromatic N) is 3. The van der Waals surface area contributed by atoms with Crippen LogP contribution < -0.4 is 0 Å². The second kappa shape index (κ2) is 7.53. The lowest BCUT2D eigenvalue weighted by atomic mass is 10.1. The Morgan fingerprint density at radius 1 is 1.12 bits per heavy atom. The van der Waals surface area contributed by atoms with Gasteiger partial charge in [0.1, 0.15) is 10.7 Å². The Balaban J connectivity index is 0.000000647. The van der Waals surface area contributed by atoms with Crippen molar-refractivity contribution in [3.63, 3.8) is 0 Å². The maximum atomic E-state index is 13.9. The van der Waals surface area contributed by atoms with Crippen molar-refractivity contribution in [2.75, 3.05) is 0 Å². The van der Waals surface area contributed by atoms with Crippen LogP contribution in [0.1, 0.15) is 6.92 Å². The third-order valence-electron chi connectivity index (χ3n) is 3.05. The highest BCUT2D eigenvalue weighted by Crippen LogP contribution is 2.26. The standard InChI is InChI=1S/C15H11FN2O2S.C2H3N/c16-14-7-2-1-6-13(14)15-8-4-10-18(15)21(19,20)12-5-3-9-17-11-12;1-2-3/h1-11H;1H3. The van der Waals surface area contributed by atoms with Crippen LogP contribution in [-0.4, -0.2) is 17.4 Å². The number of hydrogen-bond acceptors (Lipinski definition) is 4. The van der Waals surface area contributed by atoms with Crippen molar-refractivity contribution in [3.05, 3.63) is 72.9 Å². The monoisotopic (exact) mass is 343 g/mol. The highest BCUT2D eigenvalue weighted by molar-refractivity contribution is 7.90. The molecule has 0 radical (unpaired) electrons. The van der Waals surface area contributed by atoms with Gasteiger partial charge in [-0.25, -0.2) is 16.8 Å². The van der Waals surface area contributed by atoms with Crippen LogP contribution in [0.15, 0.2) is 72.0 Å². The summed E-state index contributed by atoms with van der Waals surface area (Å²) in [5.41, 5.74) is 0.506. The summed E-state index contributed by atoms with van der Waals surface area (Å²) in [5, 5.41) is 7.32. The van der Waals surface area contributed by atoms with Crippen molar-refractivity contribution in [2.45, 2.75) is 11.8 Å². The molecule has 3 aromatic rings. The van der Waals surface area contributed by atoms with Crippen LogP contribution in [0.25, 0.3) is 11.3 Å². The molecule has 3 rings (SSSR count). The van der Waals surface area contributed by atoms with E-state index in [9.17, 15) is 12.8 Å². The first kappa shape index (κ1) is 17.4. The lowest BCUT2D eigenvalue weighted by Crippen LogP contribution is -2.13. The zero-order chi connectivity index (χ0) is 17.6. The van der Waals surface area contributed by atoms with Crippen LogP contribution in [0, 0.1) is 17.1 Å². The molecule has 0 fully saturated rings. The van der Waals surface area contributed by atoms with Gasteiger partial charge in [-0.15, -0.1) is 0 Å². The molecule has 1 aromatic carbocycles. The molecule has 2 aromatic heterocycles. The van der Waals surface area contributed by atoms with Gasteiger partial charge in [0.15, 0.2) is 0 Å². The molecular weight excluding hydrogens is 329 g/mol. The summed E-state index contributed by atoms with van der Waals surface area (Å²) in [7, 11) is -3.80. The van der Waals surface area contributed by atoms with E-state index in [1.165, 1.54) is 37.6 Å². The fourth-order valence-electron chi connectivity index (χ4n) is 2.07. The number of hydrogen-bond donors (Lipinski definition) is 0. The smallest absolute Gasteiger partial charge is 0.263 e. The predicted molar refractivity (Wildman–Crippen MR) is 87.9 cm³/mol. The molecule has 24 heavy (non-hydrogen) atoms. The molecule has 0 atom stereocenters. The SMILES string of the molecule is CC#N.O=S(=O)(c1cccnc1)n1cccc1-c1ccccc1F. The minimum Gasteiger partial charge on any atom is -0.263 e. The van der Waals surface area contributed by atoms with Crippen molar-refractivity contribution in [3.8, 4) is 17.3 Å². The van der Waals surface area contributed by atoms with E-state index in [1.54, 1.807) is 42.5 Å². The Hall–Kier alpha value is -2.98. The summed E-state index contributed by atoms with van der Waals surface area (Å²) in [6.45, 7) is 1.43. The zero-order valence-electron chi connectivity index (χ0n) is 12.8. The topological polar surface area (TPSA) is 75.8 Å². The first-order valence-corrected chi connectivity index (χ1v) is 8.35. The van der Waals surface area contributed by atoms with Crippen LogP contribution in [0.3, 0.4) is 0 Å². The second-order valence-electron chi connectivity index (χ2n) is 4.59. The molecule has 5 nitrogen and oxygen atoms in total. The summed E-state index contributed by atoms with van der Waals surface area (Å²) in [6.07, 6.45) is 4.15. The molecule has 0 aliphatic rings. The van der Waals surface area contributed by atoms with Crippen molar-refractivity contribution in [1.29, 1.82) is 5.26 Å². The largest absolute Gasteiger partial charge is 0.269 e. The average molecular weight is 343 g/mol. The van der Waals surface area contributed by atoms with Crippen molar-refractivity contribution in [1.82, 2.24) is 8.96 Å². The first-order valence-electron chi connectivity index (χ1n) is 6.91. The molecule has 7 heteroatoms. The summed E-state index contributed by atoms with van der Waals surface area (Å²) >= 11 is 0. The van der Waals surface area contributed by atoms with Crippen molar-refractivity contribution < 1.29 is 12.8 Å². The predicted octanol–water partition coefficient (Wildman–Crippen LogP) is 3.46. The molecule has 0 aliphatic heterocycles. The molecule has 0 spiro atoms. The molecule has 0 unspecified atom stereocenters. The maximum Gasteiger partial charge on any atom is 0.269 e. The Morgan fingerprint density at radius 3 is 2.46 bits per heavy atom. The summed E-state index contributed by atoms with van der Waals surface area (Å²) in [4.78, 5) is 3.87. The van der Waals surface area contributed by atoms with E-state index in [2.05, 4.69) is 4.98 Å².